The summed E-state index contributed by atoms with van der Waals surface area (Å²) in [6, 6.07) is 0.523. The Morgan fingerprint density at radius 3 is 2.53 bits per heavy atom. The molecule has 3 heterocycles. The standard InChI is InChI=1S/C22H31N5O.CH2O3/c1-2-27-21-18(15-24-27)20(25-16-9-5-3-6-10-16)17(14-23-21)19-13-22(28-26-19)11-7-4-8-12-22;2-1(3)4/h14-16H,2-13H2,1H3,(H,23,25);(H2,2,3,4). The zero-order chi connectivity index (χ0) is 22.6. The van der Waals surface area contributed by atoms with Gasteiger partial charge in [0.2, 0.25) is 0 Å². The summed E-state index contributed by atoms with van der Waals surface area (Å²) in [5, 5.41) is 28.1. The second-order valence-corrected chi connectivity index (χ2v) is 9.06. The Labute approximate surface area is 187 Å². The first-order valence-electron chi connectivity index (χ1n) is 11.8. The van der Waals surface area contributed by atoms with Crippen molar-refractivity contribution in [1.82, 2.24) is 14.8 Å². The summed E-state index contributed by atoms with van der Waals surface area (Å²) in [7, 11) is 0. The molecule has 0 radical (unpaired) electrons. The molecule has 1 spiro atoms. The fourth-order valence-corrected chi connectivity index (χ4v) is 5.21. The van der Waals surface area contributed by atoms with Crippen molar-refractivity contribution in [1.29, 1.82) is 0 Å². The van der Waals surface area contributed by atoms with Crippen molar-refractivity contribution < 1.29 is 19.8 Å². The smallest absolute Gasteiger partial charge is 0.450 e. The van der Waals surface area contributed by atoms with Crippen LogP contribution in [-0.2, 0) is 11.4 Å². The van der Waals surface area contributed by atoms with Crippen LogP contribution in [0.4, 0.5) is 10.5 Å². The van der Waals surface area contributed by atoms with Crippen LogP contribution in [0.5, 0.6) is 0 Å². The van der Waals surface area contributed by atoms with E-state index in [9.17, 15) is 0 Å². The maximum atomic E-state index is 8.56. The summed E-state index contributed by atoms with van der Waals surface area (Å²) in [4.78, 5) is 19.4. The van der Waals surface area contributed by atoms with Crippen molar-refractivity contribution in [3.05, 3.63) is 18.0 Å². The van der Waals surface area contributed by atoms with Crippen molar-refractivity contribution >= 4 is 28.6 Å². The van der Waals surface area contributed by atoms with Gasteiger partial charge in [0, 0.05) is 30.8 Å². The van der Waals surface area contributed by atoms with Crippen LogP contribution in [0.1, 0.15) is 83.1 Å². The van der Waals surface area contributed by atoms with Gasteiger partial charge in [0.1, 0.15) is 5.60 Å². The first-order chi connectivity index (χ1) is 15.5. The Kier molecular flexibility index (Phi) is 6.81. The van der Waals surface area contributed by atoms with E-state index in [1.54, 1.807) is 0 Å². The van der Waals surface area contributed by atoms with Crippen LogP contribution in [0, 0.1) is 0 Å². The topological polar surface area (TPSA) is 122 Å². The van der Waals surface area contributed by atoms with Crippen LogP contribution in [0.25, 0.3) is 11.0 Å². The molecule has 0 unspecified atom stereocenters. The Morgan fingerprint density at radius 2 is 1.84 bits per heavy atom. The molecule has 0 aromatic carbocycles. The van der Waals surface area contributed by atoms with Crippen molar-refractivity contribution in [3.8, 4) is 0 Å². The second kappa shape index (κ2) is 9.75. The van der Waals surface area contributed by atoms with Gasteiger partial charge in [-0.1, -0.05) is 30.8 Å². The third kappa shape index (κ3) is 4.81. The van der Waals surface area contributed by atoms with Gasteiger partial charge in [-0.25, -0.2) is 14.5 Å². The first kappa shape index (κ1) is 22.4. The second-order valence-electron chi connectivity index (χ2n) is 9.06. The average molecular weight is 444 g/mol. The molecule has 2 aromatic rings. The number of hydrogen-bond donors (Lipinski definition) is 3. The van der Waals surface area contributed by atoms with Gasteiger partial charge in [-0.05, 0) is 45.4 Å². The fraction of sp³-hybridized carbons (Fsp3) is 0.652. The molecule has 0 atom stereocenters. The number of nitrogens with one attached hydrogen (secondary N) is 1. The molecular weight excluding hydrogens is 410 g/mol. The number of aryl methyl sites for hydroxylation is 1. The van der Waals surface area contributed by atoms with Crippen molar-refractivity contribution in [2.45, 2.75) is 95.7 Å². The molecule has 1 aliphatic heterocycles. The summed E-state index contributed by atoms with van der Waals surface area (Å²) in [5.41, 5.74) is 4.21. The van der Waals surface area contributed by atoms with Gasteiger partial charge in [-0.3, -0.25) is 0 Å². The average Bonchev–Trinajstić information content (AvgIpc) is 3.39. The summed E-state index contributed by atoms with van der Waals surface area (Å²) in [5.74, 6) is 0. The highest BCUT2D eigenvalue weighted by Crippen LogP contribution is 2.41. The maximum Gasteiger partial charge on any atom is 0.503 e. The lowest BCUT2D eigenvalue weighted by Crippen LogP contribution is -2.32. The monoisotopic (exact) mass is 443 g/mol. The van der Waals surface area contributed by atoms with Crippen molar-refractivity contribution in [2.75, 3.05) is 5.32 Å². The molecule has 174 valence electrons. The van der Waals surface area contributed by atoms with Crippen LogP contribution in [0.3, 0.4) is 0 Å². The van der Waals surface area contributed by atoms with Crippen molar-refractivity contribution in [3.63, 3.8) is 0 Å². The van der Waals surface area contributed by atoms with E-state index in [-0.39, 0.29) is 5.60 Å². The minimum atomic E-state index is -1.83. The van der Waals surface area contributed by atoms with E-state index in [0.717, 1.165) is 53.8 Å². The molecule has 9 nitrogen and oxygen atoms in total. The highest BCUT2D eigenvalue weighted by atomic mass is 16.7. The number of hydrogen-bond acceptors (Lipinski definition) is 6. The van der Waals surface area contributed by atoms with Crippen LogP contribution in [0.2, 0.25) is 0 Å². The van der Waals surface area contributed by atoms with Crippen LogP contribution in [0.15, 0.2) is 17.5 Å². The van der Waals surface area contributed by atoms with E-state index in [4.69, 9.17) is 24.8 Å². The van der Waals surface area contributed by atoms with Crippen LogP contribution < -0.4 is 5.32 Å². The molecule has 2 aliphatic carbocycles. The Bertz CT molecular complexity index is 970. The van der Waals surface area contributed by atoms with E-state index in [1.165, 1.54) is 51.4 Å². The van der Waals surface area contributed by atoms with E-state index in [1.807, 2.05) is 17.1 Å². The largest absolute Gasteiger partial charge is 0.503 e. The SMILES string of the molecule is CCn1ncc2c(NC3CCCCC3)c(C3=NOC4(CCCCC4)C3)cnc21.O=C(O)O. The lowest BCUT2D eigenvalue weighted by molar-refractivity contribution is -0.0449. The van der Waals surface area contributed by atoms with Gasteiger partial charge in [-0.2, -0.15) is 5.10 Å². The van der Waals surface area contributed by atoms with Gasteiger partial charge in [0.25, 0.3) is 0 Å². The number of rotatable bonds is 4. The van der Waals surface area contributed by atoms with E-state index in [0.29, 0.717) is 6.04 Å². The summed E-state index contributed by atoms with van der Waals surface area (Å²) < 4.78 is 1.97. The Hall–Kier alpha value is -2.84. The third-order valence-corrected chi connectivity index (χ3v) is 6.83. The normalized spacial score (nSPS) is 20.3. The van der Waals surface area contributed by atoms with E-state index in [2.05, 4.69) is 22.5 Å². The summed E-state index contributed by atoms with van der Waals surface area (Å²) in [6.07, 6.45) is 15.5. The predicted octanol–water partition coefficient (Wildman–Crippen LogP) is 5.25. The molecule has 0 bridgehead atoms. The van der Waals surface area contributed by atoms with Gasteiger partial charge >= 0.3 is 6.16 Å². The third-order valence-electron chi connectivity index (χ3n) is 6.83. The van der Waals surface area contributed by atoms with E-state index < -0.39 is 6.16 Å². The number of pyridine rings is 1. The van der Waals surface area contributed by atoms with E-state index >= 15 is 0 Å². The molecule has 5 rings (SSSR count). The number of anilines is 1. The Balaban J connectivity index is 0.000000567. The molecular formula is C23H33N5O4. The summed E-state index contributed by atoms with van der Waals surface area (Å²) >= 11 is 0. The van der Waals surface area contributed by atoms with Crippen molar-refractivity contribution in [2.24, 2.45) is 5.16 Å². The zero-order valence-corrected chi connectivity index (χ0v) is 18.7. The van der Waals surface area contributed by atoms with Gasteiger partial charge in [-0.15, -0.1) is 0 Å². The molecule has 32 heavy (non-hydrogen) atoms. The minimum absolute atomic E-state index is 0.0712. The Morgan fingerprint density at radius 1 is 1.16 bits per heavy atom. The molecule has 2 aromatic heterocycles. The quantitative estimate of drug-likeness (QED) is 0.590. The number of carboxylic acid groups (broad SMARTS) is 2. The number of aromatic nitrogens is 3. The zero-order valence-electron chi connectivity index (χ0n) is 18.7. The summed E-state index contributed by atoms with van der Waals surface area (Å²) in [6.45, 7) is 2.93. The van der Waals surface area contributed by atoms with Gasteiger partial charge < -0.3 is 20.4 Å². The molecule has 2 fully saturated rings. The first-order valence-corrected chi connectivity index (χ1v) is 11.8. The highest BCUT2D eigenvalue weighted by Gasteiger charge is 2.41. The lowest BCUT2D eigenvalue weighted by Gasteiger charge is -2.30. The maximum absolute atomic E-state index is 8.56. The van der Waals surface area contributed by atoms with Crippen LogP contribution in [-0.4, -0.2) is 48.5 Å². The van der Waals surface area contributed by atoms with Gasteiger partial charge in [0.05, 0.1) is 23.0 Å². The lowest BCUT2D eigenvalue weighted by atomic mass is 9.80. The molecule has 0 saturated heterocycles. The molecule has 0 amide bonds. The predicted molar refractivity (Wildman–Crippen MR) is 122 cm³/mol. The van der Waals surface area contributed by atoms with Crippen LogP contribution >= 0.6 is 0 Å². The van der Waals surface area contributed by atoms with Gasteiger partial charge in [0.15, 0.2) is 5.65 Å². The number of oxime groups is 1. The number of carbonyl (C=O) groups is 1. The molecule has 3 aliphatic rings. The molecule has 2 saturated carbocycles. The minimum Gasteiger partial charge on any atom is -0.450 e. The fourth-order valence-electron chi connectivity index (χ4n) is 5.21. The number of nitrogens with zero attached hydrogens (tertiary/aromatic N) is 4. The highest BCUT2D eigenvalue weighted by molar-refractivity contribution is 6.10. The number of fused-ring (bicyclic) bond motifs is 1. The molecule has 9 heteroatoms. The molecule has 3 N–H and O–H groups in total.